The van der Waals surface area contributed by atoms with E-state index in [-0.39, 0.29) is 5.91 Å². The molecular weight excluding hydrogens is 278 g/mol. The van der Waals surface area contributed by atoms with Gasteiger partial charge in [-0.3, -0.25) is 9.48 Å². The molecule has 0 unspecified atom stereocenters. The van der Waals surface area contributed by atoms with Crippen molar-refractivity contribution in [2.24, 2.45) is 7.05 Å². The van der Waals surface area contributed by atoms with Gasteiger partial charge >= 0.3 is 0 Å². The molecule has 2 aromatic rings. The molecule has 0 aromatic carbocycles. The minimum absolute atomic E-state index is 0.0788. The average Bonchev–Trinajstić information content (AvgIpc) is 2.77. The van der Waals surface area contributed by atoms with E-state index in [0.29, 0.717) is 18.2 Å². The van der Waals surface area contributed by atoms with Gasteiger partial charge in [-0.25, -0.2) is 4.98 Å². The van der Waals surface area contributed by atoms with Crippen LogP contribution in [0.15, 0.2) is 12.3 Å². The molecule has 0 aliphatic heterocycles. The number of aromatic nitrogens is 3. The largest absolute Gasteiger partial charge is 0.352 e. The van der Waals surface area contributed by atoms with Crippen molar-refractivity contribution in [1.82, 2.24) is 25.0 Å². The van der Waals surface area contributed by atoms with E-state index < -0.39 is 0 Å². The summed E-state index contributed by atoms with van der Waals surface area (Å²) in [6.45, 7) is 7.88. The minimum atomic E-state index is -0.0788. The zero-order valence-corrected chi connectivity index (χ0v) is 14.1. The van der Waals surface area contributed by atoms with Gasteiger partial charge in [0, 0.05) is 31.2 Å². The molecule has 0 spiro atoms. The van der Waals surface area contributed by atoms with Crippen LogP contribution in [0.1, 0.15) is 36.3 Å². The summed E-state index contributed by atoms with van der Waals surface area (Å²) >= 11 is 0. The Hall–Kier alpha value is -1.95. The van der Waals surface area contributed by atoms with Gasteiger partial charge < -0.3 is 10.2 Å². The van der Waals surface area contributed by atoms with Gasteiger partial charge in [0.1, 0.15) is 0 Å². The van der Waals surface area contributed by atoms with Crippen LogP contribution in [-0.4, -0.2) is 51.8 Å². The third kappa shape index (κ3) is 3.62. The van der Waals surface area contributed by atoms with Crippen molar-refractivity contribution in [3.8, 4) is 0 Å². The molecular formula is C16H25N5O. The molecule has 6 nitrogen and oxygen atoms in total. The molecule has 6 heteroatoms. The second-order valence-corrected chi connectivity index (χ2v) is 5.99. The Morgan fingerprint density at radius 3 is 2.86 bits per heavy atom. The van der Waals surface area contributed by atoms with Crippen LogP contribution in [0.2, 0.25) is 0 Å². The van der Waals surface area contributed by atoms with Crippen LogP contribution in [0.5, 0.6) is 0 Å². The number of fused-ring (bicyclic) bond motifs is 1. The first-order valence-corrected chi connectivity index (χ1v) is 7.68. The zero-order valence-electron chi connectivity index (χ0n) is 14.1. The predicted octanol–water partition coefficient (Wildman–Crippen LogP) is 1.74. The van der Waals surface area contributed by atoms with E-state index in [1.807, 2.05) is 20.0 Å². The number of hydrogen-bond donors (Lipinski definition) is 1. The maximum absolute atomic E-state index is 12.2. The van der Waals surface area contributed by atoms with Gasteiger partial charge in [0.05, 0.1) is 11.3 Å². The van der Waals surface area contributed by atoms with Crippen molar-refractivity contribution in [3.05, 3.63) is 23.5 Å². The number of rotatable bonds is 6. The Balaban J connectivity index is 1.94. The quantitative estimate of drug-likeness (QED) is 0.826. The van der Waals surface area contributed by atoms with Crippen molar-refractivity contribution in [2.45, 2.75) is 33.2 Å². The van der Waals surface area contributed by atoms with Crippen LogP contribution in [-0.2, 0) is 7.05 Å². The Labute approximate surface area is 131 Å². The SMILES string of the molecule is Cc1nn(C)c2ncc(C(=O)NCCCN(C)C(C)C)cc12. The van der Waals surface area contributed by atoms with Crippen molar-refractivity contribution < 1.29 is 4.79 Å². The van der Waals surface area contributed by atoms with Crippen LogP contribution in [0.25, 0.3) is 11.0 Å². The van der Waals surface area contributed by atoms with Gasteiger partial charge in [0.15, 0.2) is 5.65 Å². The summed E-state index contributed by atoms with van der Waals surface area (Å²) in [7, 11) is 3.95. The summed E-state index contributed by atoms with van der Waals surface area (Å²) in [5, 5.41) is 8.20. The molecule has 22 heavy (non-hydrogen) atoms. The lowest BCUT2D eigenvalue weighted by Crippen LogP contribution is -2.31. The molecule has 0 aliphatic rings. The summed E-state index contributed by atoms with van der Waals surface area (Å²) in [5.41, 5.74) is 2.27. The van der Waals surface area contributed by atoms with E-state index in [1.54, 1.807) is 10.9 Å². The lowest BCUT2D eigenvalue weighted by atomic mass is 10.2. The number of pyridine rings is 1. The third-order valence-electron chi connectivity index (χ3n) is 3.98. The lowest BCUT2D eigenvalue weighted by molar-refractivity contribution is 0.0951. The molecule has 0 saturated heterocycles. The number of carbonyl (C=O) groups excluding carboxylic acids is 1. The number of nitrogens with one attached hydrogen (secondary N) is 1. The Morgan fingerprint density at radius 1 is 1.45 bits per heavy atom. The molecule has 0 saturated carbocycles. The summed E-state index contributed by atoms with van der Waals surface area (Å²) in [6.07, 6.45) is 2.54. The van der Waals surface area contributed by atoms with Gasteiger partial charge in [0.2, 0.25) is 0 Å². The van der Waals surface area contributed by atoms with Crippen LogP contribution >= 0.6 is 0 Å². The monoisotopic (exact) mass is 303 g/mol. The third-order valence-corrected chi connectivity index (χ3v) is 3.98. The zero-order chi connectivity index (χ0) is 16.3. The van der Waals surface area contributed by atoms with E-state index in [0.717, 1.165) is 29.7 Å². The highest BCUT2D eigenvalue weighted by Gasteiger charge is 2.11. The summed E-state index contributed by atoms with van der Waals surface area (Å²) in [6, 6.07) is 2.39. The smallest absolute Gasteiger partial charge is 0.252 e. The Kier molecular flexibility index (Phi) is 5.13. The highest BCUT2D eigenvalue weighted by molar-refractivity contribution is 5.97. The molecule has 0 bridgehead atoms. The second kappa shape index (κ2) is 6.87. The van der Waals surface area contributed by atoms with Crippen LogP contribution < -0.4 is 5.32 Å². The molecule has 2 heterocycles. The molecule has 2 aromatic heterocycles. The Bertz CT molecular complexity index is 662. The molecule has 0 radical (unpaired) electrons. The Morgan fingerprint density at radius 2 is 2.18 bits per heavy atom. The van der Waals surface area contributed by atoms with E-state index in [9.17, 15) is 4.79 Å². The fourth-order valence-electron chi connectivity index (χ4n) is 2.32. The van der Waals surface area contributed by atoms with Gasteiger partial charge in [-0.05, 0) is 46.9 Å². The number of hydrogen-bond acceptors (Lipinski definition) is 4. The van der Waals surface area contributed by atoms with Crippen LogP contribution in [0.4, 0.5) is 0 Å². The fourth-order valence-corrected chi connectivity index (χ4v) is 2.32. The topological polar surface area (TPSA) is 63.1 Å². The minimum Gasteiger partial charge on any atom is -0.352 e. The summed E-state index contributed by atoms with van der Waals surface area (Å²) in [4.78, 5) is 18.8. The molecule has 120 valence electrons. The van der Waals surface area contributed by atoms with Crippen molar-refractivity contribution in [3.63, 3.8) is 0 Å². The van der Waals surface area contributed by atoms with Crippen molar-refractivity contribution >= 4 is 16.9 Å². The maximum Gasteiger partial charge on any atom is 0.252 e. The molecule has 0 aliphatic carbocycles. The first-order chi connectivity index (χ1) is 10.4. The van der Waals surface area contributed by atoms with Crippen molar-refractivity contribution in [1.29, 1.82) is 0 Å². The van der Waals surface area contributed by atoms with Crippen LogP contribution in [0, 0.1) is 6.92 Å². The number of aryl methyl sites for hydroxylation is 2. The molecule has 0 atom stereocenters. The van der Waals surface area contributed by atoms with Gasteiger partial charge in [0.25, 0.3) is 5.91 Å². The highest BCUT2D eigenvalue weighted by atomic mass is 16.1. The summed E-state index contributed by atoms with van der Waals surface area (Å²) in [5.74, 6) is -0.0788. The first-order valence-electron chi connectivity index (χ1n) is 7.68. The first kappa shape index (κ1) is 16.4. The fraction of sp³-hybridized carbons (Fsp3) is 0.562. The van der Waals surface area contributed by atoms with Crippen LogP contribution in [0.3, 0.4) is 0 Å². The van der Waals surface area contributed by atoms with Gasteiger partial charge in [-0.1, -0.05) is 0 Å². The predicted molar refractivity (Wildman–Crippen MR) is 88.0 cm³/mol. The van der Waals surface area contributed by atoms with Gasteiger partial charge in [-0.15, -0.1) is 0 Å². The molecule has 0 fully saturated rings. The number of carbonyl (C=O) groups is 1. The van der Waals surface area contributed by atoms with Gasteiger partial charge in [-0.2, -0.15) is 5.10 Å². The normalized spacial score (nSPS) is 11.6. The summed E-state index contributed by atoms with van der Waals surface area (Å²) < 4.78 is 1.73. The number of nitrogens with zero attached hydrogens (tertiary/aromatic N) is 4. The van der Waals surface area contributed by atoms with E-state index >= 15 is 0 Å². The molecule has 2 rings (SSSR count). The molecule has 1 amide bonds. The maximum atomic E-state index is 12.2. The van der Waals surface area contributed by atoms with E-state index in [1.165, 1.54) is 0 Å². The second-order valence-electron chi connectivity index (χ2n) is 5.99. The lowest BCUT2D eigenvalue weighted by Gasteiger charge is -2.20. The average molecular weight is 303 g/mol. The van der Waals surface area contributed by atoms with Crippen molar-refractivity contribution in [2.75, 3.05) is 20.1 Å². The van der Waals surface area contributed by atoms with E-state index in [4.69, 9.17) is 0 Å². The standard InChI is InChI=1S/C16H25N5O/c1-11(2)20(4)8-6-7-17-16(22)13-9-14-12(3)19-21(5)15(14)18-10-13/h9-11H,6-8H2,1-5H3,(H,17,22). The molecule has 1 N–H and O–H groups in total. The number of amides is 1. The highest BCUT2D eigenvalue weighted by Crippen LogP contribution is 2.16. The van der Waals surface area contributed by atoms with E-state index in [2.05, 4.69) is 41.2 Å².